The second-order valence-corrected chi connectivity index (χ2v) is 6.27. The fraction of sp³-hybridized carbons (Fsp3) is 0.0769. The topological polar surface area (TPSA) is 81.8 Å². The van der Waals surface area contributed by atoms with Crippen LogP contribution in [0.4, 0.5) is 5.69 Å². The van der Waals surface area contributed by atoms with Crippen molar-refractivity contribution in [2.24, 2.45) is 0 Å². The van der Waals surface area contributed by atoms with Gasteiger partial charge in [0.15, 0.2) is 0 Å². The Morgan fingerprint density at radius 2 is 1.62 bits per heavy atom. The van der Waals surface area contributed by atoms with Crippen molar-refractivity contribution in [1.29, 1.82) is 0 Å². The maximum atomic E-state index is 11.2. The van der Waals surface area contributed by atoms with Gasteiger partial charge in [0.1, 0.15) is 5.69 Å². The monoisotopic (exact) mass is 303 g/mol. The van der Waals surface area contributed by atoms with E-state index in [2.05, 4.69) is 14.9 Å². The fourth-order valence-electron chi connectivity index (χ4n) is 1.88. The van der Waals surface area contributed by atoms with Crippen molar-refractivity contribution in [2.45, 2.75) is 0 Å². The van der Waals surface area contributed by atoms with Crippen LogP contribution in [0.25, 0.3) is 11.4 Å². The Balaban J connectivity index is 1.87. The molecule has 0 spiro atoms. The highest BCUT2D eigenvalue weighted by Gasteiger charge is 2.07. The zero-order valence-electron chi connectivity index (χ0n) is 11.2. The van der Waals surface area contributed by atoms with E-state index in [0.29, 0.717) is 5.69 Å². The van der Waals surface area contributed by atoms with E-state index in [9.17, 15) is 8.42 Å². The molecule has 0 saturated carbocycles. The van der Waals surface area contributed by atoms with Crippen LogP contribution in [0.5, 0.6) is 0 Å². The smallest absolute Gasteiger partial charge is 0.229 e. The van der Waals surface area contributed by atoms with Crippen molar-refractivity contribution in [2.75, 3.05) is 11.0 Å². The molecule has 2 aromatic heterocycles. The molecule has 0 aliphatic heterocycles. The molecule has 8 heteroatoms. The third-order valence-corrected chi connectivity index (χ3v) is 3.35. The minimum Gasteiger partial charge on any atom is -0.281 e. The molecule has 0 saturated heterocycles. The molecule has 0 fully saturated rings. The summed E-state index contributed by atoms with van der Waals surface area (Å²) in [4.78, 5) is 0. The van der Waals surface area contributed by atoms with Crippen LogP contribution in [0, 0.1) is 0 Å². The lowest BCUT2D eigenvalue weighted by Gasteiger charge is -1.99. The largest absolute Gasteiger partial charge is 0.281 e. The maximum Gasteiger partial charge on any atom is 0.229 e. The predicted octanol–water partition coefficient (Wildman–Crippen LogP) is 1.43. The molecule has 0 aliphatic rings. The molecule has 1 N–H and O–H groups in total. The van der Waals surface area contributed by atoms with Crippen LogP contribution < -0.4 is 4.72 Å². The van der Waals surface area contributed by atoms with Crippen molar-refractivity contribution in [1.82, 2.24) is 19.6 Å². The Labute approximate surface area is 121 Å². The van der Waals surface area contributed by atoms with Crippen LogP contribution in [-0.4, -0.2) is 34.2 Å². The minimum atomic E-state index is -3.31. The number of sulfonamides is 1. The Morgan fingerprint density at radius 1 is 0.952 bits per heavy atom. The van der Waals surface area contributed by atoms with Gasteiger partial charge in [-0.3, -0.25) is 4.72 Å². The first-order valence-corrected chi connectivity index (χ1v) is 8.03. The summed E-state index contributed by atoms with van der Waals surface area (Å²) in [5, 5.41) is 8.38. The molecule has 0 unspecified atom stereocenters. The molecule has 0 atom stereocenters. The first-order valence-electron chi connectivity index (χ1n) is 6.14. The summed E-state index contributed by atoms with van der Waals surface area (Å²) in [5.74, 6) is 0. The van der Waals surface area contributed by atoms with E-state index in [-0.39, 0.29) is 0 Å². The summed E-state index contributed by atoms with van der Waals surface area (Å²) in [5.41, 5.74) is 2.08. The van der Waals surface area contributed by atoms with Crippen LogP contribution in [0.1, 0.15) is 0 Å². The number of aromatic nitrogens is 4. The lowest BCUT2D eigenvalue weighted by molar-refractivity contribution is 0.607. The quantitative estimate of drug-likeness (QED) is 0.790. The molecule has 0 radical (unpaired) electrons. The molecule has 1 aromatic carbocycles. The van der Waals surface area contributed by atoms with E-state index >= 15 is 0 Å². The van der Waals surface area contributed by atoms with Gasteiger partial charge in [-0.25, -0.2) is 17.8 Å². The van der Waals surface area contributed by atoms with E-state index in [1.807, 2.05) is 36.5 Å². The van der Waals surface area contributed by atoms with Crippen molar-refractivity contribution < 1.29 is 8.42 Å². The molecule has 0 bridgehead atoms. The van der Waals surface area contributed by atoms with Crippen LogP contribution in [-0.2, 0) is 10.0 Å². The second kappa shape index (κ2) is 5.06. The highest BCUT2D eigenvalue weighted by molar-refractivity contribution is 7.92. The summed E-state index contributed by atoms with van der Waals surface area (Å²) < 4.78 is 28.0. The maximum absolute atomic E-state index is 11.2. The first kappa shape index (κ1) is 13.4. The van der Waals surface area contributed by atoms with Gasteiger partial charge < -0.3 is 0 Å². The second-order valence-electron chi connectivity index (χ2n) is 4.53. The van der Waals surface area contributed by atoms with Gasteiger partial charge >= 0.3 is 0 Å². The molecule has 108 valence electrons. The number of benzene rings is 1. The zero-order valence-corrected chi connectivity index (χ0v) is 12.0. The van der Waals surface area contributed by atoms with Crippen LogP contribution in [0.2, 0.25) is 0 Å². The Bertz CT molecular complexity index is 852. The van der Waals surface area contributed by atoms with Crippen LogP contribution >= 0.6 is 0 Å². The van der Waals surface area contributed by atoms with Crippen molar-refractivity contribution >= 4 is 15.7 Å². The number of hydrogen-bond acceptors (Lipinski definition) is 4. The van der Waals surface area contributed by atoms with Crippen LogP contribution in [0.15, 0.2) is 55.1 Å². The number of anilines is 1. The minimum absolute atomic E-state index is 0.407. The van der Waals surface area contributed by atoms with Crippen LogP contribution in [0.3, 0.4) is 0 Å². The summed E-state index contributed by atoms with van der Waals surface area (Å²) in [7, 11) is -3.31. The molecule has 3 rings (SSSR count). The van der Waals surface area contributed by atoms with Gasteiger partial charge in [-0.15, -0.1) is 0 Å². The highest BCUT2D eigenvalue weighted by atomic mass is 32.2. The van der Waals surface area contributed by atoms with Gasteiger partial charge in [0, 0.05) is 0 Å². The van der Waals surface area contributed by atoms with Crippen molar-refractivity contribution in [3.63, 3.8) is 0 Å². The van der Waals surface area contributed by atoms with Gasteiger partial charge in [-0.05, 0) is 12.1 Å². The molecule has 0 amide bonds. The van der Waals surface area contributed by atoms with E-state index in [4.69, 9.17) is 0 Å². The average Bonchev–Trinajstić information content (AvgIpc) is 3.06. The van der Waals surface area contributed by atoms with Gasteiger partial charge in [0.25, 0.3) is 0 Å². The fourth-order valence-corrected chi connectivity index (χ4v) is 2.42. The van der Waals surface area contributed by atoms with Gasteiger partial charge in [0.05, 0.1) is 42.4 Å². The lowest BCUT2D eigenvalue weighted by atomic mass is 10.3. The molecule has 7 nitrogen and oxygen atoms in total. The molecule has 0 aliphatic carbocycles. The Morgan fingerprint density at radius 3 is 2.33 bits per heavy atom. The van der Waals surface area contributed by atoms with E-state index in [1.54, 1.807) is 21.8 Å². The average molecular weight is 303 g/mol. The predicted molar refractivity (Wildman–Crippen MR) is 79.2 cm³/mol. The Kier molecular flexibility index (Phi) is 3.22. The van der Waals surface area contributed by atoms with Gasteiger partial charge in [-0.1, -0.05) is 18.2 Å². The molecule has 3 aromatic rings. The third kappa shape index (κ3) is 3.11. The zero-order chi connectivity index (χ0) is 14.9. The number of hydrogen-bond donors (Lipinski definition) is 1. The molecular formula is C13H13N5O2S. The van der Waals surface area contributed by atoms with E-state index < -0.39 is 10.0 Å². The number of rotatable bonds is 4. The summed E-state index contributed by atoms with van der Waals surface area (Å²) >= 11 is 0. The number of para-hydroxylation sites is 1. The third-order valence-electron chi connectivity index (χ3n) is 2.74. The van der Waals surface area contributed by atoms with Gasteiger partial charge in [0.2, 0.25) is 10.0 Å². The summed E-state index contributed by atoms with van der Waals surface area (Å²) in [6, 6.07) is 9.68. The number of nitrogens with zero attached hydrogens (tertiary/aromatic N) is 4. The normalized spacial score (nSPS) is 11.5. The lowest BCUT2D eigenvalue weighted by Crippen LogP contribution is -2.08. The Hall–Kier alpha value is -2.61. The highest BCUT2D eigenvalue weighted by Crippen LogP contribution is 2.14. The first-order chi connectivity index (χ1) is 10.0. The molecule has 2 heterocycles. The standard InChI is InChI=1S/C13H13N5O2S/c1-21(19,20)16-11-7-14-17(9-11)13-8-15-18(10-13)12-5-3-2-4-6-12/h2-10,16H,1H3. The molecular weight excluding hydrogens is 290 g/mol. The number of nitrogens with one attached hydrogen (secondary N) is 1. The SMILES string of the molecule is CS(=O)(=O)Nc1cnn(-c2cnn(-c3ccccc3)c2)c1. The van der Waals surface area contributed by atoms with Crippen molar-refractivity contribution in [3.05, 3.63) is 55.1 Å². The van der Waals surface area contributed by atoms with E-state index in [1.165, 1.54) is 6.20 Å². The van der Waals surface area contributed by atoms with Gasteiger partial charge in [-0.2, -0.15) is 10.2 Å². The summed E-state index contributed by atoms with van der Waals surface area (Å²) in [6.45, 7) is 0. The summed E-state index contributed by atoms with van der Waals surface area (Å²) in [6.07, 6.45) is 7.60. The van der Waals surface area contributed by atoms with Crippen molar-refractivity contribution in [3.8, 4) is 11.4 Å². The molecule has 21 heavy (non-hydrogen) atoms. The van der Waals surface area contributed by atoms with E-state index in [0.717, 1.165) is 17.6 Å².